The zero-order chi connectivity index (χ0) is 12.5. The molecule has 0 radical (unpaired) electrons. The van der Waals surface area contributed by atoms with Crippen LogP contribution in [0.5, 0.6) is 5.75 Å². The lowest BCUT2D eigenvalue weighted by Crippen LogP contribution is -2.23. The van der Waals surface area contributed by atoms with E-state index in [-0.39, 0.29) is 6.10 Å². The second-order valence-corrected chi connectivity index (χ2v) is 4.31. The molecule has 1 aliphatic heterocycles. The van der Waals surface area contributed by atoms with Gasteiger partial charge < -0.3 is 19.5 Å². The summed E-state index contributed by atoms with van der Waals surface area (Å²) in [5, 5.41) is 7.16. The number of aromatic nitrogens is 2. The van der Waals surface area contributed by atoms with Crippen molar-refractivity contribution < 1.29 is 9.26 Å². The molecule has 0 spiro atoms. The first kappa shape index (κ1) is 10.9. The number of anilines is 2. The van der Waals surface area contributed by atoms with E-state index in [0.717, 1.165) is 11.4 Å². The van der Waals surface area contributed by atoms with Gasteiger partial charge in [0, 0.05) is 14.1 Å². The third kappa shape index (κ3) is 1.85. The van der Waals surface area contributed by atoms with Crippen LogP contribution in [-0.2, 0) is 0 Å². The molecular weight excluding hydrogens is 232 g/mol. The number of hydrogen-bond acceptors (Lipinski definition) is 6. The number of rotatable bonds is 2. The third-order valence-electron chi connectivity index (χ3n) is 2.74. The highest BCUT2D eigenvalue weighted by Gasteiger charge is 2.26. The Morgan fingerprint density at radius 2 is 2.17 bits per heavy atom. The molecule has 6 heteroatoms. The van der Waals surface area contributed by atoms with Crippen LogP contribution in [0.3, 0.4) is 0 Å². The van der Waals surface area contributed by atoms with E-state index in [1.54, 1.807) is 4.90 Å². The molecule has 6 nitrogen and oxygen atoms in total. The molecule has 0 fully saturated rings. The van der Waals surface area contributed by atoms with Gasteiger partial charge in [0.1, 0.15) is 5.75 Å². The average molecular weight is 246 g/mol. The number of fused-ring (bicyclic) bond motifs is 1. The van der Waals surface area contributed by atoms with Gasteiger partial charge in [-0.25, -0.2) is 0 Å². The van der Waals surface area contributed by atoms with Gasteiger partial charge in [-0.15, -0.1) is 0 Å². The zero-order valence-corrected chi connectivity index (χ0v) is 10.3. The summed E-state index contributed by atoms with van der Waals surface area (Å²) < 4.78 is 11.0. The number of nitrogens with zero attached hydrogens (tertiary/aromatic N) is 3. The van der Waals surface area contributed by atoms with Crippen molar-refractivity contribution in [2.24, 2.45) is 0 Å². The minimum Gasteiger partial charge on any atom is -0.477 e. The molecule has 1 aliphatic rings. The normalized spacial score (nSPS) is 17.6. The fourth-order valence-electron chi connectivity index (χ4n) is 1.79. The molecule has 1 atom stereocenters. The average Bonchev–Trinajstić information content (AvgIpc) is 2.88. The Balaban J connectivity index is 1.83. The van der Waals surface area contributed by atoms with Crippen molar-refractivity contribution in [2.75, 3.05) is 30.9 Å². The van der Waals surface area contributed by atoms with E-state index in [1.807, 2.05) is 38.4 Å². The standard InChI is InChI=1S/C12H14N4O2/c1-16(2)12-14-11(18-15-12)10-7-13-8-5-3-4-6-9(8)17-10/h3-6,10,13H,7H2,1-2H3. The molecule has 1 aromatic heterocycles. The highest BCUT2D eigenvalue weighted by Crippen LogP contribution is 2.33. The summed E-state index contributed by atoms with van der Waals surface area (Å²) in [6, 6.07) is 7.79. The van der Waals surface area contributed by atoms with E-state index in [2.05, 4.69) is 15.5 Å². The van der Waals surface area contributed by atoms with E-state index in [9.17, 15) is 0 Å². The number of ether oxygens (including phenoxy) is 1. The van der Waals surface area contributed by atoms with E-state index in [1.165, 1.54) is 0 Å². The van der Waals surface area contributed by atoms with Gasteiger partial charge in [0.05, 0.1) is 12.2 Å². The second-order valence-electron chi connectivity index (χ2n) is 4.31. The van der Waals surface area contributed by atoms with Crippen LogP contribution < -0.4 is 15.0 Å². The lowest BCUT2D eigenvalue weighted by molar-refractivity contribution is 0.163. The van der Waals surface area contributed by atoms with Gasteiger partial charge in [0.2, 0.25) is 0 Å². The Morgan fingerprint density at radius 3 is 2.94 bits per heavy atom. The maximum atomic E-state index is 5.83. The van der Waals surface area contributed by atoms with E-state index in [0.29, 0.717) is 18.4 Å². The summed E-state index contributed by atoms with van der Waals surface area (Å²) in [6.45, 7) is 0.617. The summed E-state index contributed by atoms with van der Waals surface area (Å²) in [4.78, 5) is 6.08. The molecule has 2 aromatic rings. The van der Waals surface area contributed by atoms with Gasteiger partial charge >= 0.3 is 0 Å². The Kier molecular flexibility index (Phi) is 2.55. The Hall–Kier alpha value is -2.24. The molecule has 0 aliphatic carbocycles. The quantitative estimate of drug-likeness (QED) is 0.869. The van der Waals surface area contributed by atoms with Crippen molar-refractivity contribution in [3.63, 3.8) is 0 Å². The fourth-order valence-corrected chi connectivity index (χ4v) is 1.79. The summed E-state index contributed by atoms with van der Waals surface area (Å²) in [5.74, 6) is 1.84. The molecule has 0 saturated heterocycles. The number of nitrogens with one attached hydrogen (secondary N) is 1. The molecule has 0 bridgehead atoms. The molecule has 1 N–H and O–H groups in total. The molecule has 0 amide bonds. The Bertz CT molecular complexity index is 553. The van der Waals surface area contributed by atoms with Gasteiger partial charge in [-0.1, -0.05) is 12.1 Å². The van der Waals surface area contributed by atoms with Crippen molar-refractivity contribution in [3.05, 3.63) is 30.2 Å². The lowest BCUT2D eigenvalue weighted by atomic mass is 10.2. The smallest absolute Gasteiger partial charge is 0.271 e. The maximum Gasteiger partial charge on any atom is 0.271 e. The number of hydrogen-bond donors (Lipinski definition) is 1. The van der Waals surface area contributed by atoms with Crippen LogP contribution in [0.15, 0.2) is 28.8 Å². The van der Waals surface area contributed by atoms with E-state index in [4.69, 9.17) is 9.26 Å². The van der Waals surface area contributed by atoms with Gasteiger partial charge in [0.15, 0.2) is 6.10 Å². The third-order valence-corrected chi connectivity index (χ3v) is 2.74. The van der Waals surface area contributed by atoms with Gasteiger partial charge in [-0.3, -0.25) is 0 Å². The molecule has 2 heterocycles. The van der Waals surface area contributed by atoms with Crippen LogP contribution in [0, 0.1) is 0 Å². The summed E-state index contributed by atoms with van der Waals surface area (Å²) in [5.41, 5.74) is 0.987. The molecule has 3 rings (SSSR count). The van der Waals surface area contributed by atoms with Crippen LogP contribution >= 0.6 is 0 Å². The molecule has 0 saturated carbocycles. The summed E-state index contributed by atoms with van der Waals surface area (Å²) in [6.07, 6.45) is -0.249. The molecule has 94 valence electrons. The van der Waals surface area contributed by atoms with Crippen LogP contribution in [0.2, 0.25) is 0 Å². The van der Waals surface area contributed by atoms with Crippen molar-refractivity contribution in [3.8, 4) is 5.75 Å². The summed E-state index contributed by atoms with van der Waals surface area (Å²) >= 11 is 0. The van der Waals surface area contributed by atoms with E-state index >= 15 is 0 Å². The van der Waals surface area contributed by atoms with Crippen LogP contribution in [-0.4, -0.2) is 30.8 Å². The lowest BCUT2D eigenvalue weighted by Gasteiger charge is -2.24. The van der Waals surface area contributed by atoms with Crippen LogP contribution in [0.4, 0.5) is 11.6 Å². The van der Waals surface area contributed by atoms with Crippen molar-refractivity contribution in [1.29, 1.82) is 0 Å². The maximum absolute atomic E-state index is 5.83. The Morgan fingerprint density at radius 1 is 1.33 bits per heavy atom. The predicted octanol–water partition coefficient (Wildman–Crippen LogP) is 1.68. The highest BCUT2D eigenvalue weighted by molar-refractivity contribution is 5.57. The molecule has 1 aromatic carbocycles. The topological polar surface area (TPSA) is 63.4 Å². The minimum absolute atomic E-state index is 0.249. The van der Waals surface area contributed by atoms with E-state index < -0.39 is 0 Å². The fraction of sp³-hybridized carbons (Fsp3) is 0.333. The Labute approximate surface area is 105 Å². The second kappa shape index (κ2) is 4.21. The summed E-state index contributed by atoms with van der Waals surface area (Å²) in [7, 11) is 3.73. The zero-order valence-electron chi connectivity index (χ0n) is 10.3. The first-order valence-corrected chi connectivity index (χ1v) is 5.74. The van der Waals surface area contributed by atoms with Gasteiger partial charge in [-0.05, 0) is 17.3 Å². The van der Waals surface area contributed by atoms with Crippen LogP contribution in [0.1, 0.15) is 12.0 Å². The SMILES string of the molecule is CN(C)c1noc(C2CNc3ccccc3O2)n1. The number of benzene rings is 1. The predicted molar refractivity (Wildman–Crippen MR) is 66.9 cm³/mol. The highest BCUT2D eigenvalue weighted by atomic mass is 16.5. The van der Waals surface area contributed by atoms with Crippen LogP contribution in [0.25, 0.3) is 0 Å². The van der Waals surface area contributed by atoms with Crippen molar-refractivity contribution in [2.45, 2.75) is 6.10 Å². The molecule has 18 heavy (non-hydrogen) atoms. The number of para-hydroxylation sites is 2. The first-order chi connectivity index (χ1) is 8.74. The largest absolute Gasteiger partial charge is 0.477 e. The minimum atomic E-state index is -0.249. The first-order valence-electron chi connectivity index (χ1n) is 5.74. The van der Waals surface area contributed by atoms with Gasteiger partial charge in [-0.2, -0.15) is 4.98 Å². The van der Waals surface area contributed by atoms with Gasteiger partial charge in [0.25, 0.3) is 11.8 Å². The monoisotopic (exact) mass is 246 g/mol. The molecule has 1 unspecified atom stereocenters. The van der Waals surface area contributed by atoms with Crippen molar-refractivity contribution in [1.82, 2.24) is 10.1 Å². The van der Waals surface area contributed by atoms with Crippen molar-refractivity contribution >= 4 is 11.6 Å². The molecular formula is C12H14N4O2.